The fourth-order valence-corrected chi connectivity index (χ4v) is 1.02. The van der Waals surface area contributed by atoms with Crippen molar-refractivity contribution in [2.24, 2.45) is 0 Å². The van der Waals surface area contributed by atoms with Crippen molar-refractivity contribution in [3.63, 3.8) is 0 Å². The van der Waals surface area contributed by atoms with Gasteiger partial charge in [-0.1, -0.05) is 0 Å². The van der Waals surface area contributed by atoms with E-state index < -0.39 is 7.82 Å². The van der Waals surface area contributed by atoms with Crippen LogP contribution in [-0.2, 0) is 9.19 Å². The van der Waals surface area contributed by atoms with Crippen LogP contribution in [0.2, 0.25) is 0 Å². The molecular weight excluding hydrogens is 213 g/mol. The van der Waals surface area contributed by atoms with Crippen LogP contribution in [0.1, 0.15) is 0 Å². The van der Waals surface area contributed by atoms with Gasteiger partial charge in [0.05, 0.1) is 5.69 Å². The van der Waals surface area contributed by atoms with Crippen molar-refractivity contribution in [1.29, 1.82) is 0 Å². The zero-order chi connectivity index (χ0) is 9.90. The summed E-state index contributed by atoms with van der Waals surface area (Å²) in [6.45, 7) is 0. The van der Waals surface area contributed by atoms with Crippen LogP contribution in [-0.4, -0.2) is 9.79 Å². The van der Waals surface area contributed by atoms with E-state index in [9.17, 15) is 4.57 Å². The van der Waals surface area contributed by atoms with Crippen molar-refractivity contribution >= 4 is 26.1 Å². The van der Waals surface area contributed by atoms with E-state index in [2.05, 4.69) is 22.7 Å². The summed E-state index contributed by atoms with van der Waals surface area (Å²) in [6, 6.07) is 6.49. The van der Waals surface area contributed by atoms with Gasteiger partial charge in [-0.2, -0.15) is 4.62 Å². The predicted molar refractivity (Wildman–Crippen MR) is 50.4 cm³/mol. The maximum absolute atomic E-state index is 10.3. The number of anilines is 1. The standard InChI is InChI=1S/C6H8NO4PS/c8-12(9,10)11-7-5-1-3-6(13)4-2-5/h1-4,7,13H,(H2,8,9,10). The lowest BCUT2D eigenvalue weighted by atomic mass is 10.3. The lowest BCUT2D eigenvalue weighted by Crippen LogP contribution is -1.97. The van der Waals surface area contributed by atoms with Gasteiger partial charge < -0.3 is 9.79 Å². The first-order valence-electron chi connectivity index (χ1n) is 3.26. The number of hydrogen-bond acceptors (Lipinski definition) is 4. The van der Waals surface area contributed by atoms with Gasteiger partial charge in [0.15, 0.2) is 0 Å². The molecule has 13 heavy (non-hydrogen) atoms. The van der Waals surface area contributed by atoms with Crippen LogP contribution < -0.4 is 5.48 Å². The molecule has 0 heterocycles. The fraction of sp³-hybridized carbons (Fsp3) is 0. The minimum atomic E-state index is -4.47. The first-order valence-corrected chi connectivity index (χ1v) is 5.24. The Morgan fingerprint density at radius 3 is 2.31 bits per heavy atom. The second-order valence-electron chi connectivity index (χ2n) is 2.23. The average molecular weight is 221 g/mol. The summed E-state index contributed by atoms with van der Waals surface area (Å²) in [5.74, 6) is 0. The van der Waals surface area contributed by atoms with Crippen LogP contribution in [0, 0.1) is 0 Å². The molecule has 5 nitrogen and oxygen atoms in total. The Kier molecular flexibility index (Phi) is 3.35. The highest BCUT2D eigenvalue weighted by Gasteiger charge is 2.13. The topological polar surface area (TPSA) is 78.8 Å². The Hall–Kier alpha value is -0.520. The third kappa shape index (κ3) is 4.31. The van der Waals surface area contributed by atoms with Gasteiger partial charge in [-0.15, -0.1) is 12.6 Å². The molecule has 0 aliphatic heterocycles. The summed E-state index contributed by atoms with van der Waals surface area (Å²) in [5.41, 5.74) is 2.56. The van der Waals surface area contributed by atoms with E-state index in [1.54, 1.807) is 24.3 Å². The lowest BCUT2D eigenvalue weighted by Gasteiger charge is -2.06. The molecule has 3 N–H and O–H groups in total. The molecule has 0 saturated carbocycles. The van der Waals surface area contributed by atoms with Crippen LogP contribution in [0.5, 0.6) is 0 Å². The molecule has 0 atom stereocenters. The molecule has 0 aliphatic rings. The van der Waals surface area contributed by atoms with E-state index in [4.69, 9.17) is 9.79 Å². The maximum Gasteiger partial charge on any atom is 0.491 e. The summed E-state index contributed by atoms with van der Waals surface area (Å²) in [6.07, 6.45) is 0. The molecule has 0 bridgehead atoms. The molecule has 0 unspecified atom stereocenters. The zero-order valence-corrected chi connectivity index (χ0v) is 8.20. The Bertz CT molecular complexity index is 322. The van der Waals surface area contributed by atoms with Crippen LogP contribution in [0.25, 0.3) is 0 Å². The smallest absolute Gasteiger partial charge is 0.301 e. The molecule has 0 spiro atoms. The van der Waals surface area contributed by atoms with E-state index in [1.807, 2.05) is 0 Å². The van der Waals surface area contributed by atoms with E-state index in [1.165, 1.54) is 0 Å². The van der Waals surface area contributed by atoms with Crippen molar-refractivity contribution in [1.82, 2.24) is 0 Å². The summed E-state index contributed by atoms with van der Waals surface area (Å²) in [5, 5.41) is 0. The van der Waals surface area contributed by atoms with E-state index >= 15 is 0 Å². The van der Waals surface area contributed by atoms with Gasteiger partial charge >= 0.3 is 7.82 Å². The van der Waals surface area contributed by atoms with Gasteiger partial charge in [0.2, 0.25) is 0 Å². The van der Waals surface area contributed by atoms with Gasteiger partial charge in [0.1, 0.15) is 0 Å². The van der Waals surface area contributed by atoms with Crippen molar-refractivity contribution in [2.75, 3.05) is 5.48 Å². The Balaban J connectivity index is 2.56. The number of phosphoric acid groups is 1. The number of hydrogen-bond donors (Lipinski definition) is 4. The molecule has 1 rings (SSSR count). The number of thiol groups is 1. The van der Waals surface area contributed by atoms with Gasteiger partial charge in [0.25, 0.3) is 0 Å². The SMILES string of the molecule is O=P(O)(O)ONc1ccc(S)cc1. The number of nitrogens with one attached hydrogen (secondary N) is 1. The molecule has 72 valence electrons. The quantitative estimate of drug-likeness (QED) is 0.352. The summed E-state index contributed by atoms with van der Waals surface area (Å²) in [4.78, 5) is 17.4. The maximum atomic E-state index is 10.3. The third-order valence-corrected chi connectivity index (χ3v) is 1.78. The minimum Gasteiger partial charge on any atom is -0.301 e. The molecule has 7 heteroatoms. The molecule has 0 fully saturated rings. The molecule has 0 aromatic heterocycles. The highest BCUT2D eigenvalue weighted by molar-refractivity contribution is 7.80. The van der Waals surface area contributed by atoms with Crippen LogP contribution >= 0.6 is 20.5 Å². The van der Waals surface area contributed by atoms with E-state index in [0.717, 1.165) is 4.90 Å². The first kappa shape index (κ1) is 10.6. The predicted octanol–water partition coefficient (Wildman–Crippen LogP) is 1.41. The van der Waals surface area contributed by atoms with E-state index in [0.29, 0.717) is 5.69 Å². The zero-order valence-electron chi connectivity index (χ0n) is 6.41. The Morgan fingerprint density at radius 1 is 1.31 bits per heavy atom. The van der Waals surface area contributed by atoms with Gasteiger partial charge in [-0.25, -0.2) is 4.57 Å². The molecule has 0 amide bonds. The molecule has 1 aromatic carbocycles. The third-order valence-electron chi connectivity index (χ3n) is 1.15. The lowest BCUT2D eigenvalue weighted by molar-refractivity contribution is 0.233. The largest absolute Gasteiger partial charge is 0.491 e. The highest BCUT2D eigenvalue weighted by atomic mass is 32.1. The Labute approximate surface area is 80.3 Å². The van der Waals surface area contributed by atoms with E-state index in [-0.39, 0.29) is 0 Å². The van der Waals surface area contributed by atoms with Crippen molar-refractivity contribution in [2.45, 2.75) is 4.90 Å². The van der Waals surface area contributed by atoms with Crippen LogP contribution in [0.3, 0.4) is 0 Å². The molecular formula is C6H8NO4PS. The van der Waals surface area contributed by atoms with Crippen molar-refractivity contribution in [3.8, 4) is 0 Å². The number of rotatable bonds is 3. The molecule has 1 aromatic rings. The van der Waals surface area contributed by atoms with Gasteiger partial charge in [-0.3, -0.25) is 5.48 Å². The van der Waals surface area contributed by atoms with Crippen LogP contribution in [0.15, 0.2) is 29.2 Å². The summed E-state index contributed by atoms with van der Waals surface area (Å²) < 4.78 is 14.3. The molecule has 0 radical (unpaired) electrons. The first-order chi connectivity index (χ1) is 5.97. The summed E-state index contributed by atoms with van der Waals surface area (Å²) in [7, 11) is -4.47. The molecule has 0 saturated heterocycles. The summed E-state index contributed by atoms with van der Waals surface area (Å²) >= 11 is 4.03. The second kappa shape index (κ2) is 4.13. The second-order valence-corrected chi connectivity index (χ2v) is 3.91. The van der Waals surface area contributed by atoms with Crippen molar-refractivity contribution < 1.29 is 19.0 Å². The van der Waals surface area contributed by atoms with Gasteiger partial charge in [0, 0.05) is 4.90 Å². The molecule has 0 aliphatic carbocycles. The average Bonchev–Trinajstić information content (AvgIpc) is 2.02. The van der Waals surface area contributed by atoms with Crippen LogP contribution in [0.4, 0.5) is 5.69 Å². The highest BCUT2D eigenvalue weighted by Crippen LogP contribution is 2.35. The Morgan fingerprint density at radius 2 is 1.85 bits per heavy atom. The monoisotopic (exact) mass is 221 g/mol. The van der Waals surface area contributed by atoms with Crippen molar-refractivity contribution in [3.05, 3.63) is 24.3 Å². The normalized spacial score (nSPS) is 11.3. The van der Waals surface area contributed by atoms with Gasteiger partial charge in [-0.05, 0) is 24.3 Å². The minimum absolute atomic E-state index is 0.445. The fourth-order valence-electron chi connectivity index (χ4n) is 0.642. The number of benzene rings is 1.